The number of nitrogens with zero attached hydrogens (tertiary/aromatic N) is 2. The molecule has 3 N–H and O–H groups in total. The number of aryl methyl sites for hydroxylation is 2. The van der Waals surface area contributed by atoms with Crippen LogP contribution in [0.2, 0.25) is 0 Å². The fourth-order valence-corrected chi connectivity index (χ4v) is 2.98. The Morgan fingerprint density at radius 1 is 1.24 bits per heavy atom. The lowest BCUT2D eigenvalue weighted by atomic mass is 9.97. The first kappa shape index (κ1) is 16.2. The van der Waals surface area contributed by atoms with Gasteiger partial charge in [-0.25, -0.2) is 0 Å². The van der Waals surface area contributed by atoms with Gasteiger partial charge in [-0.1, -0.05) is 38.1 Å². The van der Waals surface area contributed by atoms with Crippen molar-refractivity contribution in [2.24, 2.45) is 12.9 Å². The Labute approximate surface area is 134 Å². The minimum Gasteiger partial charge on any atom is -0.271 e. The molecule has 0 bridgehead atoms. The van der Waals surface area contributed by atoms with Gasteiger partial charge in [0, 0.05) is 13.5 Å². The molecule has 0 aliphatic rings. The average molecular weight is 351 g/mol. The van der Waals surface area contributed by atoms with Crippen LogP contribution in [0.5, 0.6) is 0 Å². The zero-order chi connectivity index (χ0) is 15.6. The summed E-state index contributed by atoms with van der Waals surface area (Å²) in [6.45, 7) is 6.39. The molecular formula is C16H23BrN4. The molecule has 0 aliphatic heterocycles. The lowest BCUT2D eigenvalue weighted by Crippen LogP contribution is -2.30. The number of nitrogens with one attached hydrogen (secondary N) is 1. The van der Waals surface area contributed by atoms with Crippen molar-refractivity contribution in [2.75, 3.05) is 0 Å². The van der Waals surface area contributed by atoms with Crippen LogP contribution in [0.25, 0.3) is 0 Å². The monoisotopic (exact) mass is 350 g/mol. The molecule has 0 aliphatic carbocycles. The van der Waals surface area contributed by atoms with Gasteiger partial charge in [-0.2, -0.15) is 5.10 Å². The number of hydrogen-bond donors (Lipinski definition) is 2. The second-order valence-corrected chi connectivity index (χ2v) is 6.51. The first-order chi connectivity index (χ1) is 9.93. The molecule has 1 heterocycles. The molecule has 0 radical (unpaired) electrons. The van der Waals surface area contributed by atoms with E-state index in [1.165, 1.54) is 11.1 Å². The summed E-state index contributed by atoms with van der Waals surface area (Å²) in [7, 11) is 1.96. The molecule has 0 saturated heterocycles. The van der Waals surface area contributed by atoms with E-state index in [0.717, 1.165) is 22.3 Å². The van der Waals surface area contributed by atoms with Gasteiger partial charge in [0.05, 0.1) is 21.9 Å². The molecule has 2 aromatic rings. The highest BCUT2D eigenvalue weighted by molar-refractivity contribution is 9.10. The van der Waals surface area contributed by atoms with E-state index < -0.39 is 0 Å². The standard InChI is InChI=1S/C16H23BrN4/c1-10(2)12-5-7-13(8-6-12)14(19-18)9-15-16(17)11(3)20-21(15)4/h5-8,10,14,19H,9,18H2,1-4H3. The third kappa shape index (κ3) is 3.54. The molecule has 1 aromatic carbocycles. The van der Waals surface area contributed by atoms with Crippen molar-refractivity contribution in [3.63, 3.8) is 0 Å². The van der Waals surface area contributed by atoms with Crippen molar-refractivity contribution in [3.05, 3.63) is 51.3 Å². The van der Waals surface area contributed by atoms with Gasteiger partial charge in [-0.05, 0) is 39.9 Å². The number of hydrazine groups is 1. The van der Waals surface area contributed by atoms with Crippen LogP contribution in [0.3, 0.4) is 0 Å². The molecule has 2 rings (SSSR count). The van der Waals surface area contributed by atoms with E-state index in [9.17, 15) is 0 Å². The normalized spacial score (nSPS) is 12.9. The maximum Gasteiger partial charge on any atom is 0.0738 e. The van der Waals surface area contributed by atoms with Crippen molar-refractivity contribution in [2.45, 2.75) is 39.2 Å². The molecule has 21 heavy (non-hydrogen) atoms. The molecule has 0 spiro atoms. The highest BCUT2D eigenvalue weighted by Crippen LogP contribution is 2.26. The molecule has 1 aromatic heterocycles. The summed E-state index contributed by atoms with van der Waals surface area (Å²) < 4.78 is 2.97. The minimum atomic E-state index is 0.0670. The lowest BCUT2D eigenvalue weighted by Gasteiger charge is -2.18. The van der Waals surface area contributed by atoms with Gasteiger partial charge < -0.3 is 0 Å². The first-order valence-electron chi connectivity index (χ1n) is 7.18. The number of halogens is 1. The van der Waals surface area contributed by atoms with Crippen molar-refractivity contribution < 1.29 is 0 Å². The largest absolute Gasteiger partial charge is 0.271 e. The van der Waals surface area contributed by atoms with Gasteiger partial charge in [-0.15, -0.1) is 0 Å². The summed E-state index contributed by atoms with van der Waals surface area (Å²) in [5.41, 5.74) is 7.59. The molecule has 114 valence electrons. The highest BCUT2D eigenvalue weighted by atomic mass is 79.9. The van der Waals surface area contributed by atoms with Crippen molar-refractivity contribution >= 4 is 15.9 Å². The summed E-state index contributed by atoms with van der Waals surface area (Å²) in [6, 6.07) is 8.72. The van der Waals surface area contributed by atoms with Gasteiger partial charge in [0.2, 0.25) is 0 Å². The second kappa shape index (κ2) is 6.73. The van der Waals surface area contributed by atoms with Gasteiger partial charge in [0.1, 0.15) is 0 Å². The molecule has 0 saturated carbocycles. The maximum absolute atomic E-state index is 5.76. The minimum absolute atomic E-state index is 0.0670. The SMILES string of the molecule is Cc1nn(C)c(CC(NN)c2ccc(C(C)C)cc2)c1Br. The predicted octanol–water partition coefficient (Wildman–Crippen LogP) is 3.36. The summed E-state index contributed by atoms with van der Waals surface area (Å²) in [5.74, 6) is 6.30. The molecule has 5 heteroatoms. The van der Waals surface area contributed by atoms with Gasteiger partial charge in [-0.3, -0.25) is 16.0 Å². The number of hydrogen-bond acceptors (Lipinski definition) is 3. The summed E-state index contributed by atoms with van der Waals surface area (Å²) in [4.78, 5) is 0. The summed E-state index contributed by atoms with van der Waals surface area (Å²) in [6.07, 6.45) is 0.787. The number of rotatable bonds is 5. The number of nitrogens with two attached hydrogens (primary N) is 1. The van der Waals surface area contributed by atoms with Crippen LogP contribution in [0.4, 0.5) is 0 Å². The van der Waals surface area contributed by atoms with Crippen molar-refractivity contribution in [3.8, 4) is 0 Å². The van der Waals surface area contributed by atoms with Crippen LogP contribution in [0.15, 0.2) is 28.7 Å². The first-order valence-corrected chi connectivity index (χ1v) is 7.97. The summed E-state index contributed by atoms with van der Waals surface area (Å²) >= 11 is 3.61. The second-order valence-electron chi connectivity index (χ2n) is 5.71. The van der Waals surface area contributed by atoms with Crippen LogP contribution >= 0.6 is 15.9 Å². The third-order valence-electron chi connectivity index (χ3n) is 3.87. The van der Waals surface area contributed by atoms with E-state index in [2.05, 4.69) is 64.6 Å². The van der Waals surface area contributed by atoms with Gasteiger partial charge in [0.15, 0.2) is 0 Å². The van der Waals surface area contributed by atoms with E-state index >= 15 is 0 Å². The van der Waals surface area contributed by atoms with Gasteiger partial charge >= 0.3 is 0 Å². The zero-order valence-electron chi connectivity index (χ0n) is 13.0. The molecule has 0 fully saturated rings. The van der Waals surface area contributed by atoms with Crippen LogP contribution < -0.4 is 11.3 Å². The van der Waals surface area contributed by atoms with Crippen LogP contribution in [0.1, 0.15) is 48.3 Å². The molecular weight excluding hydrogens is 328 g/mol. The average Bonchev–Trinajstić information content (AvgIpc) is 2.70. The fraction of sp³-hybridized carbons (Fsp3) is 0.438. The third-order valence-corrected chi connectivity index (χ3v) is 4.90. The maximum atomic E-state index is 5.76. The van der Waals surface area contributed by atoms with E-state index in [0.29, 0.717) is 5.92 Å². The lowest BCUT2D eigenvalue weighted by molar-refractivity contribution is 0.529. The Morgan fingerprint density at radius 3 is 2.24 bits per heavy atom. The highest BCUT2D eigenvalue weighted by Gasteiger charge is 2.17. The van der Waals surface area contributed by atoms with E-state index in [4.69, 9.17) is 5.84 Å². The fourth-order valence-electron chi connectivity index (χ4n) is 2.48. The van der Waals surface area contributed by atoms with Crippen LogP contribution in [0, 0.1) is 6.92 Å². The Hall–Kier alpha value is -1.17. The van der Waals surface area contributed by atoms with E-state index in [1.54, 1.807) is 0 Å². The molecule has 1 atom stereocenters. The Morgan fingerprint density at radius 2 is 1.81 bits per heavy atom. The number of benzene rings is 1. The molecule has 4 nitrogen and oxygen atoms in total. The zero-order valence-corrected chi connectivity index (χ0v) is 14.6. The summed E-state index contributed by atoms with van der Waals surface area (Å²) in [5, 5.41) is 4.43. The Bertz CT molecular complexity index is 601. The van der Waals surface area contributed by atoms with Crippen molar-refractivity contribution in [1.82, 2.24) is 15.2 Å². The topological polar surface area (TPSA) is 55.9 Å². The smallest absolute Gasteiger partial charge is 0.0738 e. The molecule has 0 amide bonds. The quantitative estimate of drug-likeness (QED) is 0.642. The van der Waals surface area contributed by atoms with Crippen molar-refractivity contribution in [1.29, 1.82) is 0 Å². The Kier molecular flexibility index (Phi) is 5.19. The predicted molar refractivity (Wildman–Crippen MR) is 89.9 cm³/mol. The van der Waals surface area contributed by atoms with Crippen LogP contribution in [-0.2, 0) is 13.5 Å². The van der Waals surface area contributed by atoms with E-state index in [-0.39, 0.29) is 6.04 Å². The number of aromatic nitrogens is 2. The Balaban J connectivity index is 2.23. The molecule has 1 unspecified atom stereocenters. The van der Waals surface area contributed by atoms with Crippen LogP contribution in [-0.4, -0.2) is 9.78 Å². The van der Waals surface area contributed by atoms with E-state index in [1.807, 2.05) is 18.7 Å². The van der Waals surface area contributed by atoms with Gasteiger partial charge in [0.25, 0.3) is 0 Å².